The van der Waals surface area contributed by atoms with Crippen LogP contribution in [0.4, 0.5) is 24.5 Å². The van der Waals surface area contributed by atoms with Gasteiger partial charge in [0, 0.05) is 31.5 Å². The number of nitrogens with one attached hydrogen (secondary N) is 3. The van der Waals surface area contributed by atoms with E-state index < -0.39 is 29.1 Å². The van der Waals surface area contributed by atoms with Gasteiger partial charge in [-0.25, -0.2) is 9.97 Å². The van der Waals surface area contributed by atoms with Gasteiger partial charge in [0.15, 0.2) is 0 Å². The molecule has 1 aliphatic heterocycles. The first kappa shape index (κ1) is 25.1. The smallest absolute Gasteiger partial charge is 0.378 e. The number of hydrogen-bond donors (Lipinski definition) is 3. The highest BCUT2D eigenvalue weighted by molar-refractivity contribution is 6.00. The number of rotatable bonds is 7. The maximum atomic E-state index is 13.2. The fraction of sp³-hybridized carbons (Fsp3) is 0.280. The molecule has 4 rings (SSSR count). The highest BCUT2D eigenvalue weighted by Gasteiger charge is 2.44. The average molecular weight is 499 g/mol. The SMILES string of the molecule is Cc1ncncc1C(=O)N[C@@]1(C(=O)NCc2ccc(Nc3ccccc3C(F)(F)F)cc2)CCOC1. The molecular weight excluding hydrogens is 475 g/mol. The van der Waals surface area contributed by atoms with Crippen molar-refractivity contribution in [1.82, 2.24) is 20.6 Å². The second-order valence-corrected chi connectivity index (χ2v) is 8.41. The van der Waals surface area contributed by atoms with Crippen LogP contribution in [0.2, 0.25) is 0 Å². The van der Waals surface area contributed by atoms with Gasteiger partial charge in [-0.05, 0) is 36.8 Å². The van der Waals surface area contributed by atoms with Crippen LogP contribution >= 0.6 is 0 Å². The number of aryl methyl sites for hydroxylation is 1. The molecule has 188 valence electrons. The van der Waals surface area contributed by atoms with Gasteiger partial charge in [0.2, 0.25) is 5.91 Å². The van der Waals surface area contributed by atoms with E-state index in [1.807, 2.05) is 0 Å². The first-order chi connectivity index (χ1) is 17.2. The van der Waals surface area contributed by atoms with Crippen molar-refractivity contribution in [3.8, 4) is 0 Å². The molecule has 0 spiro atoms. The Balaban J connectivity index is 1.40. The number of aromatic nitrogens is 2. The highest BCUT2D eigenvalue weighted by Crippen LogP contribution is 2.35. The maximum absolute atomic E-state index is 13.2. The molecule has 1 aromatic heterocycles. The summed E-state index contributed by atoms with van der Waals surface area (Å²) in [6.07, 6.45) is -1.45. The van der Waals surface area contributed by atoms with E-state index in [0.717, 1.165) is 11.6 Å². The van der Waals surface area contributed by atoms with Gasteiger partial charge in [0.25, 0.3) is 5.91 Å². The Kier molecular flexibility index (Phi) is 7.20. The summed E-state index contributed by atoms with van der Waals surface area (Å²) in [6.45, 7) is 2.18. The van der Waals surface area contributed by atoms with Crippen LogP contribution in [0.15, 0.2) is 61.1 Å². The molecule has 0 unspecified atom stereocenters. The molecule has 11 heteroatoms. The Hall–Kier alpha value is -3.99. The second-order valence-electron chi connectivity index (χ2n) is 8.41. The van der Waals surface area contributed by atoms with Gasteiger partial charge < -0.3 is 20.7 Å². The van der Waals surface area contributed by atoms with Gasteiger partial charge in [-0.3, -0.25) is 9.59 Å². The summed E-state index contributed by atoms with van der Waals surface area (Å²) >= 11 is 0. The predicted molar refractivity (Wildman–Crippen MR) is 125 cm³/mol. The first-order valence-corrected chi connectivity index (χ1v) is 11.2. The van der Waals surface area contributed by atoms with Crippen molar-refractivity contribution < 1.29 is 27.5 Å². The molecule has 3 aromatic rings. The zero-order valence-electron chi connectivity index (χ0n) is 19.4. The van der Waals surface area contributed by atoms with Crippen molar-refractivity contribution in [3.05, 3.63) is 83.4 Å². The Morgan fingerprint density at radius 3 is 2.53 bits per heavy atom. The summed E-state index contributed by atoms with van der Waals surface area (Å²) in [6, 6.07) is 11.9. The lowest BCUT2D eigenvalue weighted by molar-refractivity contribution is -0.137. The van der Waals surface area contributed by atoms with Gasteiger partial charge in [-0.2, -0.15) is 13.2 Å². The lowest BCUT2D eigenvalue weighted by Crippen LogP contribution is -2.59. The summed E-state index contributed by atoms with van der Waals surface area (Å²) < 4.78 is 45.1. The highest BCUT2D eigenvalue weighted by atomic mass is 19.4. The third-order valence-corrected chi connectivity index (χ3v) is 5.88. The maximum Gasteiger partial charge on any atom is 0.418 e. The lowest BCUT2D eigenvalue weighted by atomic mass is 9.96. The topological polar surface area (TPSA) is 105 Å². The number of carbonyl (C=O) groups excluding carboxylic acids is 2. The fourth-order valence-electron chi connectivity index (χ4n) is 3.85. The minimum absolute atomic E-state index is 0.0266. The number of hydrogen-bond acceptors (Lipinski definition) is 6. The van der Waals surface area contributed by atoms with Gasteiger partial charge in [0.1, 0.15) is 11.9 Å². The Morgan fingerprint density at radius 2 is 1.86 bits per heavy atom. The summed E-state index contributed by atoms with van der Waals surface area (Å²) in [5, 5.41) is 8.38. The van der Waals surface area contributed by atoms with Crippen LogP contribution < -0.4 is 16.0 Å². The van der Waals surface area contributed by atoms with E-state index in [9.17, 15) is 22.8 Å². The van der Waals surface area contributed by atoms with E-state index >= 15 is 0 Å². The number of para-hydroxylation sites is 1. The van der Waals surface area contributed by atoms with Crippen molar-refractivity contribution >= 4 is 23.2 Å². The van der Waals surface area contributed by atoms with Crippen molar-refractivity contribution in [3.63, 3.8) is 0 Å². The first-order valence-electron chi connectivity index (χ1n) is 11.2. The minimum Gasteiger partial charge on any atom is -0.378 e. The molecule has 0 radical (unpaired) electrons. The van der Waals surface area contributed by atoms with E-state index in [4.69, 9.17) is 4.74 Å². The van der Waals surface area contributed by atoms with E-state index in [2.05, 4.69) is 25.9 Å². The molecule has 1 fully saturated rings. The van der Waals surface area contributed by atoms with Gasteiger partial charge in [0.05, 0.1) is 29.1 Å². The second kappa shape index (κ2) is 10.3. The Labute approximate surface area is 205 Å². The molecule has 1 atom stereocenters. The van der Waals surface area contributed by atoms with Crippen molar-refractivity contribution in [1.29, 1.82) is 0 Å². The van der Waals surface area contributed by atoms with Gasteiger partial charge in [-0.15, -0.1) is 0 Å². The van der Waals surface area contributed by atoms with Crippen LogP contribution in [0.25, 0.3) is 0 Å². The third-order valence-electron chi connectivity index (χ3n) is 5.88. The van der Waals surface area contributed by atoms with Gasteiger partial charge >= 0.3 is 6.18 Å². The molecule has 0 bridgehead atoms. The summed E-state index contributed by atoms with van der Waals surface area (Å²) in [4.78, 5) is 33.7. The van der Waals surface area contributed by atoms with E-state index in [1.165, 1.54) is 30.7 Å². The van der Waals surface area contributed by atoms with E-state index in [-0.39, 0.29) is 24.4 Å². The summed E-state index contributed by atoms with van der Waals surface area (Å²) in [5.74, 6) is -0.868. The van der Waals surface area contributed by atoms with Crippen molar-refractivity contribution in [2.45, 2.75) is 31.6 Å². The molecule has 2 amide bonds. The molecule has 1 saturated heterocycles. The molecule has 0 saturated carbocycles. The minimum atomic E-state index is -4.48. The number of ether oxygens (including phenoxy) is 1. The van der Waals surface area contributed by atoms with Crippen LogP contribution in [0.1, 0.15) is 33.6 Å². The number of alkyl halides is 3. The Morgan fingerprint density at radius 1 is 1.11 bits per heavy atom. The number of benzene rings is 2. The van der Waals surface area contributed by atoms with Crippen molar-refractivity contribution in [2.75, 3.05) is 18.5 Å². The number of halogens is 3. The van der Waals surface area contributed by atoms with E-state index in [0.29, 0.717) is 24.4 Å². The predicted octanol–water partition coefficient (Wildman–Crippen LogP) is 3.75. The van der Waals surface area contributed by atoms with E-state index in [1.54, 1.807) is 31.2 Å². The van der Waals surface area contributed by atoms with Crippen LogP contribution in [-0.2, 0) is 22.3 Å². The molecule has 2 heterocycles. The molecule has 2 aromatic carbocycles. The largest absolute Gasteiger partial charge is 0.418 e. The Bertz CT molecular complexity index is 1240. The van der Waals surface area contributed by atoms with Gasteiger partial charge in [-0.1, -0.05) is 24.3 Å². The quantitative estimate of drug-likeness (QED) is 0.457. The van der Waals surface area contributed by atoms with Crippen LogP contribution in [-0.4, -0.2) is 40.5 Å². The average Bonchev–Trinajstić information content (AvgIpc) is 3.33. The molecule has 1 aliphatic rings. The number of nitrogens with zero attached hydrogens (tertiary/aromatic N) is 2. The number of amides is 2. The zero-order valence-corrected chi connectivity index (χ0v) is 19.4. The number of carbonyl (C=O) groups is 2. The molecule has 8 nitrogen and oxygen atoms in total. The van der Waals surface area contributed by atoms with Crippen molar-refractivity contribution in [2.24, 2.45) is 0 Å². The zero-order chi connectivity index (χ0) is 25.8. The van der Waals surface area contributed by atoms with Crippen LogP contribution in [0.5, 0.6) is 0 Å². The molecule has 36 heavy (non-hydrogen) atoms. The monoisotopic (exact) mass is 499 g/mol. The standard InChI is InChI=1S/C25H24F3N5O3/c1-16-19(13-29-15-31-16)22(34)33-24(10-11-36-14-24)23(35)30-12-17-6-8-18(9-7-17)32-21-5-3-2-4-20(21)25(26,27)28/h2-9,13,15,32H,10-12,14H2,1H3,(H,30,35)(H,33,34)/t24-/m0/s1. The fourth-order valence-corrected chi connectivity index (χ4v) is 3.85. The van der Waals surface area contributed by atoms with Crippen LogP contribution in [0.3, 0.4) is 0 Å². The summed E-state index contributed by atoms with van der Waals surface area (Å²) in [5.41, 5.74) is -0.0905. The summed E-state index contributed by atoms with van der Waals surface area (Å²) in [7, 11) is 0. The third kappa shape index (κ3) is 5.62. The molecule has 3 N–H and O–H groups in total. The van der Waals surface area contributed by atoms with Crippen LogP contribution in [0, 0.1) is 6.92 Å². The molecule has 0 aliphatic carbocycles. The normalized spacial score (nSPS) is 17.4. The number of anilines is 2. The molecular formula is C25H24F3N5O3. The lowest BCUT2D eigenvalue weighted by Gasteiger charge is -2.27.